The zero-order valence-electron chi connectivity index (χ0n) is 15.8. The van der Waals surface area contributed by atoms with Crippen molar-refractivity contribution in [1.82, 2.24) is 10.5 Å². The van der Waals surface area contributed by atoms with Gasteiger partial charge in [-0.3, -0.25) is 4.79 Å². The third kappa shape index (κ3) is 3.31. The van der Waals surface area contributed by atoms with E-state index in [1.165, 1.54) is 6.07 Å². The first-order valence-corrected chi connectivity index (χ1v) is 8.94. The summed E-state index contributed by atoms with van der Waals surface area (Å²) >= 11 is 0. The molecule has 0 radical (unpaired) electrons. The zero-order chi connectivity index (χ0) is 19.8. The number of fused-ring (bicyclic) bond motifs is 1. The second kappa shape index (κ2) is 6.99. The molecule has 2 N–H and O–H groups in total. The predicted octanol–water partition coefficient (Wildman–Crippen LogP) is 4.17. The van der Waals surface area contributed by atoms with E-state index in [-0.39, 0.29) is 5.91 Å². The minimum absolute atomic E-state index is 0.304. The molecule has 0 saturated heterocycles. The lowest BCUT2D eigenvalue weighted by Crippen LogP contribution is -2.38. The van der Waals surface area contributed by atoms with Crippen molar-refractivity contribution in [2.24, 2.45) is 0 Å². The van der Waals surface area contributed by atoms with E-state index < -0.39 is 12.0 Å². The summed E-state index contributed by atoms with van der Waals surface area (Å²) < 4.78 is 24.7. The summed E-state index contributed by atoms with van der Waals surface area (Å²) in [5, 5.41) is 10.0. The molecule has 0 spiro atoms. The normalized spacial score (nSPS) is 15.6. The van der Waals surface area contributed by atoms with Gasteiger partial charge in [-0.05, 0) is 56.2 Å². The van der Waals surface area contributed by atoms with Gasteiger partial charge in [-0.25, -0.2) is 4.39 Å². The van der Waals surface area contributed by atoms with Gasteiger partial charge in [-0.2, -0.15) is 0 Å². The van der Waals surface area contributed by atoms with Crippen molar-refractivity contribution in [3.05, 3.63) is 75.9 Å². The monoisotopic (exact) mass is 381 g/mol. The number of nitrogens with one attached hydrogen (secondary N) is 2. The van der Waals surface area contributed by atoms with Gasteiger partial charge in [0.1, 0.15) is 30.1 Å². The number of amides is 1. The molecule has 6 nitrogen and oxygen atoms in total. The highest BCUT2D eigenvalue weighted by Crippen LogP contribution is 2.29. The topological polar surface area (TPSA) is 76.4 Å². The summed E-state index contributed by atoms with van der Waals surface area (Å²) in [7, 11) is 0. The number of aryl methyl sites for hydroxylation is 3. The van der Waals surface area contributed by atoms with Crippen LogP contribution in [0.3, 0.4) is 0 Å². The van der Waals surface area contributed by atoms with Crippen LogP contribution in [0.25, 0.3) is 0 Å². The first-order chi connectivity index (χ1) is 13.4. The van der Waals surface area contributed by atoms with Crippen LogP contribution in [0.1, 0.15) is 44.7 Å². The van der Waals surface area contributed by atoms with Gasteiger partial charge in [-0.1, -0.05) is 17.3 Å². The van der Waals surface area contributed by atoms with E-state index in [0.717, 1.165) is 22.6 Å². The predicted molar refractivity (Wildman–Crippen MR) is 102 cm³/mol. The second-order valence-electron chi connectivity index (χ2n) is 6.86. The zero-order valence-corrected chi connectivity index (χ0v) is 15.8. The Morgan fingerprint density at radius 2 is 1.89 bits per heavy atom. The maximum absolute atomic E-state index is 13.7. The van der Waals surface area contributed by atoms with Crippen molar-refractivity contribution >= 4 is 11.6 Å². The minimum atomic E-state index is -0.401. The average molecular weight is 381 g/mol. The second-order valence-corrected chi connectivity index (χ2v) is 6.86. The summed E-state index contributed by atoms with van der Waals surface area (Å²) in [5.74, 6) is 0.739. The Balaban J connectivity index is 1.48. The van der Waals surface area contributed by atoms with E-state index in [2.05, 4.69) is 15.8 Å². The van der Waals surface area contributed by atoms with E-state index in [1.807, 2.05) is 38.1 Å². The van der Waals surface area contributed by atoms with Crippen LogP contribution in [-0.4, -0.2) is 11.1 Å². The van der Waals surface area contributed by atoms with Crippen LogP contribution >= 0.6 is 0 Å². The van der Waals surface area contributed by atoms with E-state index in [9.17, 15) is 9.18 Å². The first-order valence-electron chi connectivity index (χ1n) is 8.94. The summed E-state index contributed by atoms with van der Waals surface area (Å²) in [6, 6.07) is 10.3. The molecule has 0 aliphatic carbocycles. The number of carbonyl (C=O) groups is 1. The van der Waals surface area contributed by atoms with E-state index in [0.29, 0.717) is 29.2 Å². The molecule has 1 aliphatic rings. The number of rotatable bonds is 4. The number of benzene rings is 2. The lowest BCUT2D eigenvalue weighted by atomic mass is 10.0. The molecule has 2 aromatic carbocycles. The van der Waals surface area contributed by atoms with Crippen LogP contribution in [0.4, 0.5) is 10.1 Å². The number of aromatic nitrogens is 1. The molecule has 0 fully saturated rings. The Labute approximate surface area is 161 Å². The molecule has 0 saturated carbocycles. The molecule has 7 heteroatoms. The van der Waals surface area contributed by atoms with Crippen LogP contribution in [0.2, 0.25) is 0 Å². The number of hydrogen-bond donors (Lipinski definition) is 2. The summed E-state index contributed by atoms with van der Waals surface area (Å²) in [6.07, 6.45) is -0.401. The van der Waals surface area contributed by atoms with Crippen molar-refractivity contribution in [3.8, 4) is 5.75 Å². The van der Waals surface area contributed by atoms with Gasteiger partial charge in [0.05, 0.1) is 16.8 Å². The van der Waals surface area contributed by atoms with Gasteiger partial charge < -0.3 is 19.9 Å². The first kappa shape index (κ1) is 18.0. The summed E-state index contributed by atoms with van der Waals surface area (Å²) in [5.41, 5.74) is 4.02. The standard InChI is InChI=1S/C21H20FN3O3/c1-11-8-19-16(9-18(11)22)21(26)24-20(23-19)14-4-6-15(7-5-14)27-10-17-12(2)25-28-13(17)3/h4-9,20,23H,10H2,1-3H3,(H,24,26)/t20-/m1/s1. The fourth-order valence-electron chi connectivity index (χ4n) is 3.18. The van der Waals surface area contributed by atoms with Gasteiger partial charge in [0.2, 0.25) is 0 Å². The molecule has 28 heavy (non-hydrogen) atoms. The van der Waals surface area contributed by atoms with Gasteiger partial charge >= 0.3 is 0 Å². The molecule has 144 valence electrons. The summed E-state index contributed by atoms with van der Waals surface area (Å²) in [6.45, 7) is 5.77. The summed E-state index contributed by atoms with van der Waals surface area (Å²) in [4.78, 5) is 12.3. The Morgan fingerprint density at radius 1 is 1.14 bits per heavy atom. The molecule has 3 aromatic rings. The van der Waals surface area contributed by atoms with Gasteiger partial charge in [-0.15, -0.1) is 0 Å². The van der Waals surface area contributed by atoms with Crippen LogP contribution in [-0.2, 0) is 6.61 Å². The number of hydrogen-bond acceptors (Lipinski definition) is 5. The largest absolute Gasteiger partial charge is 0.489 e. The lowest BCUT2D eigenvalue weighted by molar-refractivity contribution is 0.0935. The number of ether oxygens (including phenoxy) is 1. The third-order valence-electron chi connectivity index (χ3n) is 4.90. The van der Waals surface area contributed by atoms with E-state index in [4.69, 9.17) is 9.26 Å². The minimum Gasteiger partial charge on any atom is -0.489 e. The smallest absolute Gasteiger partial charge is 0.255 e. The van der Waals surface area contributed by atoms with Gasteiger partial charge in [0, 0.05) is 5.69 Å². The molecule has 2 heterocycles. The van der Waals surface area contributed by atoms with Crippen LogP contribution in [0, 0.1) is 26.6 Å². The molecule has 0 bridgehead atoms. The van der Waals surface area contributed by atoms with E-state index >= 15 is 0 Å². The third-order valence-corrected chi connectivity index (χ3v) is 4.90. The number of carbonyl (C=O) groups excluding carboxylic acids is 1. The molecule has 1 aliphatic heterocycles. The van der Waals surface area contributed by atoms with Crippen LogP contribution in [0.5, 0.6) is 5.75 Å². The highest BCUT2D eigenvalue weighted by atomic mass is 19.1. The highest BCUT2D eigenvalue weighted by molar-refractivity contribution is 6.01. The Kier molecular flexibility index (Phi) is 4.50. The maximum atomic E-state index is 13.7. The molecular weight excluding hydrogens is 361 g/mol. The van der Waals surface area contributed by atoms with Crippen LogP contribution < -0.4 is 15.4 Å². The molecular formula is C21H20FN3O3. The quantitative estimate of drug-likeness (QED) is 0.709. The molecule has 1 aromatic heterocycles. The van der Waals surface area contributed by atoms with E-state index in [1.54, 1.807) is 13.0 Å². The van der Waals surface area contributed by atoms with Crippen molar-refractivity contribution < 1.29 is 18.4 Å². The Hall–Kier alpha value is -3.35. The fourth-order valence-corrected chi connectivity index (χ4v) is 3.18. The average Bonchev–Trinajstić information content (AvgIpc) is 3.00. The fraction of sp³-hybridized carbons (Fsp3) is 0.238. The molecule has 4 rings (SSSR count). The molecule has 0 unspecified atom stereocenters. The maximum Gasteiger partial charge on any atom is 0.255 e. The number of anilines is 1. The Bertz CT molecular complexity index is 1020. The molecule has 1 atom stereocenters. The highest BCUT2D eigenvalue weighted by Gasteiger charge is 2.25. The van der Waals surface area contributed by atoms with Crippen molar-refractivity contribution in [1.29, 1.82) is 0 Å². The van der Waals surface area contributed by atoms with Crippen molar-refractivity contribution in [2.45, 2.75) is 33.5 Å². The van der Waals surface area contributed by atoms with Crippen LogP contribution in [0.15, 0.2) is 40.9 Å². The van der Waals surface area contributed by atoms with Gasteiger partial charge in [0.15, 0.2) is 0 Å². The van der Waals surface area contributed by atoms with Gasteiger partial charge in [0.25, 0.3) is 5.91 Å². The van der Waals surface area contributed by atoms with Crippen molar-refractivity contribution in [2.75, 3.05) is 5.32 Å². The Morgan fingerprint density at radius 3 is 2.57 bits per heavy atom. The van der Waals surface area contributed by atoms with Crippen molar-refractivity contribution in [3.63, 3.8) is 0 Å². The lowest BCUT2D eigenvalue weighted by Gasteiger charge is -2.28. The SMILES string of the molecule is Cc1cc2c(cc1F)C(=O)N[C@H](c1ccc(OCc3c(C)noc3C)cc1)N2. The number of halogens is 1. The molecule has 1 amide bonds. The number of nitrogens with zero attached hydrogens (tertiary/aromatic N) is 1.